The molecule has 1 atom stereocenters. The largest absolute Gasteiger partial charge is 0.316 e. The maximum Gasteiger partial charge on any atom is 0.304 e. The third kappa shape index (κ3) is 5.94. The van der Waals surface area contributed by atoms with Gasteiger partial charge in [-0.15, -0.1) is 0 Å². The highest BCUT2D eigenvalue weighted by atomic mass is 32.1. The molecular weight excluding hydrogens is 254 g/mol. The molecule has 0 aliphatic carbocycles. The highest BCUT2D eigenvalue weighted by Gasteiger charge is 2.27. The Hall–Kier alpha value is -0.570. The minimum absolute atomic E-state index is 0.0685. The van der Waals surface area contributed by atoms with Crippen LogP contribution >= 0.6 is 11.3 Å². The van der Waals surface area contributed by atoms with Crippen LogP contribution in [0, 0.1) is 10.8 Å². The maximum absolute atomic E-state index is 11.3. The van der Waals surface area contributed by atoms with Crippen molar-refractivity contribution in [3.63, 3.8) is 0 Å². The van der Waals surface area contributed by atoms with Gasteiger partial charge in [0.05, 0.1) is 0 Å². The molecule has 1 N–H and O–H groups in total. The lowest BCUT2D eigenvalue weighted by Crippen LogP contribution is -2.20. The van der Waals surface area contributed by atoms with E-state index in [4.69, 9.17) is 0 Å². The molecule has 1 aromatic rings. The van der Waals surface area contributed by atoms with E-state index in [2.05, 4.69) is 46.5 Å². The van der Waals surface area contributed by atoms with Crippen molar-refractivity contribution in [3.8, 4) is 0 Å². The molecule has 110 valence electrons. The molecule has 1 heterocycles. The molecule has 0 aromatic carbocycles. The first-order valence-electron chi connectivity index (χ1n) is 7.27. The number of hydrogen-bond acceptors (Lipinski definition) is 2. The molecule has 0 saturated carbocycles. The molecule has 3 heteroatoms. The lowest BCUT2D eigenvalue weighted by Gasteiger charge is -2.30. The first kappa shape index (κ1) is 16.5. The Kier molecular flexibility index (Phi) is 5.43. The van der Waals surface area contributed by atoms with Gasteiger partial charge < -0.3 is 4.98 Å². The van der Waals surface area contributed by atoms with Gasteiger partial charge in [0.1, 0.15) is 0 Å². The van der Waals surface area contributed by atoms with Crippen molar-refractivity contribution in [1.29, 1.82) is 0 Å². The van der Waals surface area contributed by atoms with Crippen LogP contribution in [0.3, 0.4) is 0 Å². The summed E-state index contributed by atoms with van der Waals surface area (Å²) in [5, 5.41) is 2.00. The summed E-state index contributed by atoms with van der Waals surface area (Å²) in [7, 11) is 0. The fourth-order valence-corrected chi connectivity index (χ4v) is 3.16. The summed E-state index contributed by atoms with van der Waals surface area (Å²) in [5.74, 6) is 0.450. The standard InChI is InChI=1S/C16H29NOS/c1-15(2,3)10-8-7-9-12(16(4,5)6)13-11-19-14(18)17-13/h11-12H,7-10H2,1-6H3,(H,17,18). The summed E-state index contributed by atoms with van der Waals surface area (Å²) in [5.41, 5.74) is 1.75. The first-order chi connectivity index (χ1) is 8.59. The van der Waals surface area contributed by atoms with Gasteiger partial charge in [-0.2, -0.15) is 0 Å². The van der Waals surface area contributed by atoms with E-state index >= 15 is 0 Å². The zero-order valence-corrected chi connectivity index (χ0v) is 14.1. The van der Waals surface area contributed by atoms with Crippen LogP contribution in [-0.2, 0) is 0 Å². The van der Waals surface area contributed by atoms with Crippen molar-refractivity contribution in [2.24, 2.45) is 10.8 Å². The van der Waals surface area contributed by atoms with Crippen molar-refractivity contribution < 1.29 is 0 Å². The number of rotatable bonds is 5. The summed E-state index contributed by atoms with van der Waals surface area (Å²) < 4.78 is 0. The highest BCUT2D eigenvalue weighted by molar-refractivity contribution is 7.07. The monoisotopic (exact) mass is 283 g/mol. The number of aromatic amines is 1. The number of H-pyrrole nitrogens is 1. The Morgan fingerprint density at radius 2 is 1.79 bits per heavy atom. The number of unbranched alkanes of at least 4 members (excludes halogenated alkanes) is 1. The average molecular weight is 283 g/mol. The molecule has 2 nitrogen and oxygen atoms in total. The van der Waals surface area contributed by atoms with E-state index in [1.807, 2.05) is 5.38 Å². The summed E-state index contributed by atoms with van der Waals surface area (Å²) in [6.45, 7) is 13.7. The molecule has 0 amide bonds. The van der Waals surface area contributed by atoms with Gasteiger partial charge in [-0.1, -0.05) is 65.7 Å². The quantitative estimate of drug-likeness (QED) is 0.743. The Morgan fingerprint density at radius 1 is 1.16 bits per heavy atom. The molecule has 0 aliphatic rings. The van der Waals surface area contributed by atoms with E-state index in [9.17, 15) is 4.79 Å². The van der Waals surface area contributed by atoms with Crippen LogP contribution in [0.25, 0.3) is 0 Å². The highest BCUT2D eigenvalue weighted by Crippen LogP contribution is 2.38. The zero-order valence-electron chi connectivity index (χ0n) is 13.3. The molecule has 0 aliphatic heterocycles. The number of aromatic nitrogens is 1. The fourth-order valence-electron chi connectivity index (χ4n) is 2.52. The van der Waals surface area contributed by atoms with Crippen molar-refractivity contribution in [1.82, 2.24) is 4.98 Å². The van der Waals surface area contributed by atoms with E-state index in [-0.39, 0.29) is 10.3 Å². The van der Waals surface area contributed by atoms with Gasteiger partial charge in [0.2, 0.25) is 0 Å². The fraction of sp³-hybridized carbons (Fsp3) is 0.812. The molecular formula is C16H29NOS. The zero-order chi connectivity index (χ0) is 14.7. The molecule has 0 bridgehead atoms. The lowest BCUT2D eigenvalue weighted by molar-refractivity contribution is 0.283. The van der Waals surface area contributed by atoms with E-state index in [1.165, 1.54) is 30.6 Å². The molecule has 0 saturated heterocycles. The van der Waals surface area contributed by atoms with Crippen molar-refractivity contribution in [2.45, 2.75) is 73.1 Å². The Labute approximate surface area is 121 Å². The van der Waals surface area contributed by atoms with E-state index < -0.39 is 0 Å². The van der Waals surface area contributed by atoms with Gasteiger partial charge in [-0.25, -0.2) is 0 Å². The van der Waals surface area contributed by atoms with E-state index in [0.29, 0.717) is 11.3 Å². The second-order valence-electron chi connectivity index (χ2n) is 7.83. The van der Waals surface area contributed by atoms with Crippen LogP contribution < -0.4 is 4.87 Å². The third-order valence-corrected chi connectivity index (χ3v) is 4.32. The third-order valence-electron chi connectivity index (χ3n) is 3.63. The minimum atomic E-state index is 0.0685. The Balaban J connectivity index is 2.60. The van der Waals surface area contributed by atoms with E-state index in [0.717, 1.165) is 12.1 Å². The smallest absolute Gasteiger partial charge is 0.304 e. The van der Waals surface area contributed by atoms with Gasteiger partial charge in [-0.05, 0) is 23.7 Å². The lowest BCUT2D eigenvalue weighted by atomic mass is 9.76. The summed E-state index contributed by atoms with van der Waals surface area (Å²) in [4.78, 5) is 14.4. The van der Waals surface area contributed by atoms with Crippen LogP contribution in [0.1, 0.15) is 78.8 Å². The van der Waals surface area contributed by atoms with Crippen LogP contribution in [0.15, 0.2) is 10.2 Å². The normalized spacial score (nSPS) is 14.6. The molecule has 0 spiro atoms. The summed E-state index contributed by atoms with van der Waals surface area (Å²) in [6, 6.07) is 0. The van der Waals surface area contributed by atoms with Gasteiger partial charge in [0.25, 0.3) is 0 Å². The van der Waals surface area contributed by atoms with Gasteiger partial charge >= 0.3 is 4.87 Å². The van der Waals surface area contributed by atoms with Crippen LogP contribution in [0.5, 0.6) is 0 Å². The minimum Gasteiger partial charge on any atom is -0.316 e. The van der Waals surface area contributed by atoms with Crippen LogP contribution in [-0.4, -0.2) is 4.98 Å². The summed E-state index contributed by atoms with van der Waals surface area (Å²) >= 11 is 1.28. The molecule has 1 rings (SSSR count). The molecule has 1 aromatic heterocycles. The number of hydrogen-bond donors (Lipinski definition) is 1. The van der Waals surface area contributed by atoms with Crippen molar-refractivity contribution >= 4 is 11.3 Å². The van der Waals surface area contributed by atoms with E-state index in [1.54, 1.807) is 0 Å². The summed E-state index contributed by atoms with van der Waals surface area (Å²) in [6.07, 6.45) is 4.93. The number of nitrogens with one attached hydrogen (secondary N) is 1. The number of thiazole rings is 1. The maximum atomic E-state index is 11.3. The Bertz CT molecular complexity index is 431. The first-order valence-corrected chi connectivity index (χ1v) is 8.15. The molecule has 19 heavy (non-hydrogen) atoms. The topological polar surface area (TPSA) is 32.9 Å². The molecule has 0 radical (unpaired) electrons. The SMILES string of the molecule is CC(C)(C)CCCCC(c1csc(=O)[nH]1)C(C)(C)C. The Morgan fingerprint density at radius 3 is 2.21 bits per heavy atom. The molecule has 1 unspecified atom stereocenters. The van der Waals surface area contributed by atoms with Gasteiger partial charge in [0.15, 0.2) is 0 Å². The van der Waals surface area contributed by atoms with Gasteiger partial charge in [0, 0.05) is 17.0 Å². The van der Waals surface area contributed by atoms with Crippen LogP contribution in [0.4, 0.5) is 0 Å². The van der Waals surface area contributed by atoms with Gasteiger partial charge in [-0.3, -0.25) is 4.79 Å². The predicted octanol–water partition coefficient (Wildman–Crippen LogP) is 5.17. The second kappa shape index (κ2) is 6.25. The second-order valence-corrected chi connectivity index (χ2v) is 8.67. The predicted molar refractivity (Wildman–Crippen MR) is 85.1 cm³/mol. The van der Waals surface area contributed by atoms with Crippen molar-refractivity contribution in [2.75, 3.05) is 0 Å². The molecule has 0 fully saturated rings. The average Bonchev–Trinajstić information content (AvgIpc) is 2.60. The van der Waals surface area contributed by atoms with Crippen molar-refractivity contribution in [3.05, 3.63) is 20.7 Å². The van der Waals surface area contributed by atoms with Crippen LogP contribution in [0.2, 0.25) is 0 Å².